The second-order valence-corrected chi connectivity index (χ2v) is 13.5. The van der Waals surface area contributed by atoms with Gasteiger partial charge in [-0.2, -0.15) is 0 Å². The molecule has 2 aromatic heterocycles. The van der Waals surface area contributed by atoms with Crippen LogP contribution >= 0.6 is 22.7 Å². The van der Waals surface area contributed by atoms with E-state index in [-0.39, 0.29) is 11.1 Å². The van der Waals surface area contributed by atoms with Gasteiger partial charge in [-0.25, -0.2) is 10.1 Å². The summed E-state index contributed by atoms with van der Waals surface area (Å²) in [6.45, 7) is 14.0. The molecule has 1 aliphatic carbocycles. The molecule has 0 fully saturated rings. The van der Waals surface area contributed by atoms with Crippen LogP contribution in [-0.4, -0.2) is 0 Å². The molecule has 0 saturated heterocycles. The van der Waals surface area contributed by atoms with Gasteiger partial charge in [-0.15, -0.1) is 22.7 Å². The number of hydrogen-bond acceptors (Lipinski definition) is 4. The van der Waals surface area contributed by atoms with Crippen LogP contribution in [0, 0.1) is 24.8 Å². The summed E-state index contributed by atoms with van der Waals surface area (Å²) in [7, 11) is 0. The average Bonchev–Trinajstić information content (AvgIpc) is 3.65. The summed E-state index contributed by atoms with van der Waals surface area (Å²) >= 11 is 3.49. The van der Waals surface area contributed by atoms with Gasteiger partial charge in [-0.05, 0) is 83.3 Å². The highest BCUT2D eigenvalue weighted by atomic mass is 32.1. The average molecular weight is 590 g/mol. The lowest BCUT2D eigenvalue weighted by Gasteiger charge is -2.28. The zero-order valence-corrected chi connectivity index (χ0v) is 25.7. The van der Waals surface area contributed by atoms with Crippen LogP contribution in [0.5, 0.6) is 0 Å². The first kappa shape index (κ1) is 26.9. The molecule has 0 saturated carbocycles. The Hall–Kier alpha value is -4.94. The first-order chi connectivity index (χ1) is 20.9. The Morgan fingerprint density at radius 2 is 1.49 bits per heavy atom. The molecule has 0 bridgehead atoms. The van der Waals surface area contributed by atoms with Crippen LogP contribution in [0.1, 0.15) is 35.4 Å². The summed E-state index contributed by atoms with van der Waals surface area (Å²) in [6.07, 6.45) is 1.70. The lowest BCUT2D eigenvalue weighted by Crippen LogP contribution is -2.16. The van der Waals surface area contributed by atoms with Gasteiger partial charge in [0.1, 0.15) is 0 Å². The van der Waals surface area contributed by atoms with Gasteiger partial charge < -0.3 is 4.90 Å². The van der Waals surface area contributed by atoms with E-state index in [4.69, 9.17) is 6.57 Å². The number of nitriles is 1. The summed E-state index contributed by atoms with van der Waals surface area (Å²) in [5.41, 5.74) is 10.9. The van der Waals surface area contributed by atoms with Gasteiger partial charge in [0.25, 0.3) is 5.70 Å². The molecule has 4 aromatic carbocycles. The molecule has 2 heterocycles. The molecule has 0 unspecified atom stereocenters. The fourth-order valence-corrected chi connectivity index (χ4v) is 8.99. The van der Waals surface area contributed by atoms with Crippen molar-refractivity contribution in [1.82, 2.24) is 0 Å². The van der Waals surface area contributed by atoms with Gasteiger partial charge in [0.15, 0.2) is 0 Å². The number of fused-ring (bicyclic) bond motifs is 5. The molecule has 1 aliphatic rings. The van der Waals surface area contributed by atoms with Gasteiger partial charge in [0, 0.05) is 36.9 Å². The van der Waals surface area contributed by atoms with E-state index in [0.717, 1.165) is 21.9 Å². The molecule has 0 radical (unpaired) electrons. The Morgan fingerprint density at radius 1 is 0.837 bits per heavy atom. The third kappa shape index (κ3) is 4.55. The summed E-state index contributed by atoms with van der Waals surface area (Å²) in [5.74, 6) is 0. The van der Waals surface area contributed by atoms with Gasteiger partial charge >= 0.3 is 0 Å². The first-order valence-corrected chi connectivity index (χ1v) is 15.7. The Morgan fingerprint density at radius 3 is 2.16 bits per heavy atom. The third-order valence-corrected chi connectivity index (χ3v) is 10.6. The van der Waals surface area contributed by atoms with E-state index >= 15 is 0 Å². The van der Waals surface area contributed by atoms with Crippen molar-refractivity contribution in [2.75, 3.05) is 4.90 Å². The molecule has 5 heteroatoms. The van der Waals surface area contributed by atoms with Crippen molar-refractivity contribution in [3.05, 3.63) is 142 Å². The predicted octanol–water partition coefficient (Wildman–Crippen LogP) is 11.5. The minimum atomic E-state index is -0.196. The van der Waals surface area contributed by atoms with Crippen molar-refractivity contribution in [3.8, 4) is 27.6 Å². The van der Waals surface area contributed by atoms with E-state index in [2.05, 4.69) is 128 Å². The summed E-state index contributed by atoms with van der Waals surface area (Å²) < 4.78 is 2.47. The smallest absolute Gasteiger partial charge is 0.263 e. The van der Waals surface area contributed by atoms with Gasteiger partial charge in [-0.1, -0.05) is 80.1 Å². The van der Waals surface area contributed by atoms with Crippen molar-refractivity contribution in [1.29, 1.82) is 5.26 Å². The minimum absolute atomic E-state index is 0.116. The van der Waals surface area contributed by atoms with Crippen molar-refractivity contribution < 1.29 is 0 Å². The molecule has 0 aliphatic heterocycles. The molecule has 0 N–H and O–H groups in total. The molecule has 0 amide bonds. The lowest BCUT2D eigenvalue weighted by molar-refractivity contribution is 0.668. The monoisotopic (exact) mass is 589 g/mol. The van der Waals surface area contributed by atoms with Gasteiger partial charge in [0.2, 0.25) is 0 Å². The highest BCUT2D eigenvalue weighted by Gasteiger charge is 2.40. The van der Waals surface area contributed by atoms with Crippen LogP contribution < -0.4 is 4.90 Å². The van der Waals surface area contributed by atoms with E-state index in [1.165, 1.54) is 47.7 Å². The maximum atomic E-state index is 9.26. The Labute approximate surface area is 260 Å². The number of hydrogen-bond donors (Lipinski definition) is 0. The number of allylic oxidation sites excluding steroid dienone is 1. The number of anilines is 3. The maximum absolute atomic E-state index is 9.26. The normalized spacial score (nSPS) is 13.3. The second-order valence-electron chi connectivity index (χ2n) is 11.3. The van der Waals surface area contributed by atoms with Crippen molar-refractivity contribution in [3.63, 3.8) is 0 Å². The van der Waals surface area contributed by atoms with Crippen LogP contribution in [0.4, 0.5) is 17.1 Å². The summed E-state index contributed by atoms with van der Waals surface area (Å²) in [4.78, 5) is 7.96. The van der Waals surface area contributed by atoms with Crippen molar-refractivity contribution >= 4 is 55.2 Å². The fraction of sp³-hybridized carbons (Fsp3) is 0.105. The number of thiophene rings is 2. The molecule has 6 aromatic rings. The van der Waals surface area contributed by atoms with E-state index in [1.54, 1.807) is 17.4 Å². The number of benzene rings is 4. The molecule has 0 spiro atoms. The molecular formula is C38H27N3S2. The largest absolute Gasteiger partial charge is 0.310 e. The number of rotatable bonds is 5. The SMILES string of the molecule is [C-]#[N+]/C(C#N)=C\c1cc2sc3c(c2s1)C(C)(C)c1cc(N(c2ccc(C)cc2)c2ccc(-c4ccccc4)cc2)ccc1-3. The van der Waals surface area contributed by atoms with E-state index < -0.39 is 0 Å². The zero-order valence-electron chi connectivity index (χ0n) is 24.1. The quantitative estimate of drug-likeness (QED) is 0.148. The lowest BCUT2D eigenvalue weighted by atomic mass is 9.82. The van der Waals surface area contributed by atoms with Crippen LogP contribution in [0.15, 0.2) is 109 Å². The van der Waals surface area contributed by atoms with Crippen LogP contribution in [0.3, 0.4) is 0 Å². The van der Waals surface area contributed by atoms with Gasteiger partial charge in [0.05, 0.1) is 17.3 Å². The Kier molecular flexibility index (Phi) is 6.51. The van der Waals surface area contributed by atoms with Crippen molar-refractivity contribution in [2.45, 2.75) is 26.2 Å². The van der Waals surface area contributed by atoms with Crippen LogP contribution in [0.25, 0.3) is 41.9 Å². The third-order valence-electron chi connectivity index (χ3n) is 8.23. The maximum Gasteiger partial charge on any atom is 0.263 e. The second kappa shape index (κ2) is 10.4. The zero-order chi connectivity index (χ0) is 29.7. The highest BCUT2D eigenvalue weighted by molar-refractivity contribution is 7.30. The van der Waals surface area contributed by atoms with E-state index in [1.807, 2.05) is 23.5 Å². The first-order valence-electron chi connectivity index (χ1n) is 14.1. The fourth-order valence-electron chi connectivity index (χ4n) is 6.05. The molecule has 43 heavy (non-hydrogen) atoms. The molecular weight excluding hydrogens is 563 g/mol. The van der Waals surface area contributed by atoms with Crippen LogP contribution in [0.2, 0.25) is 0 Å². The van der Waals surface area contributed by atoms with E-state index in [9.17, 15) is 5.26 Å². The molecule has 7 rings (SSSR count). The van der Waals surface area contributed by atoms with Crippen LogP contribution in [-0.2, 0) is 5.41 Å². The highest BCUT2D eigenvalue weighted by Crippen LogP contribution is 2.58. The topological polar surface area (TPSA) is 31.4 Å². The number of aryl methyl sites for hydroxylation is 1. The van der Waals surface area contributed by atoms with Crippen molar-refractivity contribution in [2.24, 2.45) is 0 Å². The van der Waals surface area contributed by atoms with Gasteiger partial charge in [-0.3, -0.25) is 0 Å². The predicted molar refractivity (Wildman–Crippen MR) is 182 cm³/mol. The summed E-state index contributed by atoms with van der Waals surface area (Å²) in [5, 5.41) is 9.26. The molecule has 0 atom stereocenters. The van der Waals surface area contributed by atoms with E-state index in [0.29, 0.717) is 0 Å². The standard InChI is InChI=1S/C38H27N3S2/c1-24-10-14-28(15-11-24)41(29-16-12-26(13-17-29)25-8-6-5-7-9-25)30-18-19-32-33(21-30)38(2,3)35-36(32)43-34-22-31(42-37(34)35)20-27(23-39)40-4/h5-22H,1-3H3/b27-20-. The minimum Gasteiger partial charge on any atom is -0.310 e. The Bertz CT molecular complexity index is 2100. The summed E-state index contributed by atoms with van der Waals surface area (Å²) in [6, 6.07) is 39.0. The Balaban J connectivity index is 1.32. The molecule has 3 nitrogen and oxygen atoms in total. The molecule has 206 valence electrons. The number of nitrogens with zero attached hydrogens (tertiary/aromatic N) is 3.